The highest BCUT2D eigenvalue weighted by molar-refractivity contribution is 6.32. The van der Waals surface area contributed by atoms with Gasteiger partial charge in [0.15, 0.2) is 0 Å². The van der Waals surface area contributed by atoms with E-state index in [1.807, 2.05) is 12.1 Å². The molecule has 1 aromatic carbocycles. The van der Waals surface area contributed by atoms with Crippen LogP contribution in [0.2, 0.25) is 5.02 Å². The summed E-state index contributed by atoms with van der Waals surface area (Å²) in [7, 11) is 0. The number of hydrogen-bond donors (Lipinski definition) is 1. The minimum absolute atomic E-state index is 0.246. The lowest BCUT2D eigenvalue weighted by Crippen LogP contribution is -2.24. The maximum atomic E-state index is 9.94. The summed E-state index contributed by atoms with van der Waals surface area (Å²) in [5.74, 6) is 1.12. The smallest absolute Gasteiger partial charge is 0.138 e. The zero-order valence-electron chi connectivity index (χ0n) is 11.0. The van der Waals surface area contributed by atoms with Crippen molar-refractivity contribution in [1.82, 2.24) is 4.90 Å². The molecular formula is C15H22ClNO. The number of halogens is 1. The van der Waals surface area contributed by atoms with Crippen molar-refractivity contribution >= 4 is 11.6 Å². The van der Waals surface area contributed by atoms with Crippen molar-refractivity contribution in [3.05, 3.63) is 28.8 Å². The molecule has 0 radical (unpaired) electrons. The first-order valence-electron chi connectivity index (χ1n) is 6.89. The molecule has 0 bridgehead atoms. The van der Waals surface area contributed by atoms with Gasteiger partial charge in [-0.05, 0) is 44.3 Å². The normalized spacial score (nSPS) is 21.8. The minimum Gasteiger partial charge on any atom is -0.506 e. The van der Waals surface area contributed by atoms with E-state index < -0.39 is 0 Å². The second-order valence-electron chi connectivity index (χ2n) is 5.23. The van der Waals surface area contributed by atoms with E-state index in [0.29, 0.717) is 5.02 Å². The molecule has 1 fully saturated rings. The number of rotatable bonds is 3. The van der Waals surface area contributed by atoms with Crippen LogP contribution in [0.3, 0.4) is 0 Å². The second-order valence-corrected chi connectivity index (χ2v) is 5.64. The molecule has 0 aromatic heterocycles. The molecule has 2 rings (SSSR count). The van der Waals surface area contributed by atoms with E-state index in [2.05, 4.69) is 11.8 Å². The van der Waals surface area contributed by atoms with E-state index in [9.17, 15) is 5.11 Å². The molecular weight excluding hydrogens is 246 g/mol. The van der Waals surface area contributed by atoms with Gasteiger partial charge in [-0.2, -0.15) is 0 Å². The molecule has 0 saturated carbocycles. The van der Waals surface area contributed by atoms with Crippen molar-refractivity contribution in [2.45, 2.75) is 39.2 Å². The lowest BCUT2D eigenvalue weighted by molar-refractivity contribution is 0.268. The maximum Gasteiger partial charge on any atom is 0.138 e. The highest BCUT2D eigenvalue weighted by atomic mass is 35.5. The lowest BCUT2D eigenvalue weighted by Gasteiger charge is -2.20. The van der Waals surface area contributed by atoms with Crippen molar-refractivity contribution in [3.63, 3.8) is 0 Å². The molecule has 18 heavy (non-hydrogen) atoms. The van der Waals surface area contributed by atoms with Gasteiger partial charge >= 0.3 is 0 Å². The Morgan fingerprint density at radius 2 is 2.17 bits per heavy atom. The van der Waals surface area contributed by atoms with Gasteiger partial charge in [-0.25, -0.2) is 0 Å². The summed E-state index contributed by atoms with van der Waals surface area (Å²) in [4.78, 5) is 2.43. The number of aromatic hydroxyl groups is 1. The summed E-state index contributed by atoms with van der Waals surface area (Å²) >= 11 is 5.94. The van der Waals surface area contributed by atoms with Crippen molar-refractivity contribution in [2.24, 2.45) is 5.92 Å². The quantitative estimate of drug-likeness (QED) is 0.893. The predicted molar refractivity (Wildman–Crippen MR) is 76.0 cm³/mol. The largest absolute Gasteiger partial charge is 0.506 e. The first-order chi connectivity index (χ1) is 8.70. The topological polar surface area (TPSA) is 23.5 Å². The third-order valence-electron chi connectivity index (χ3n) is 3.98. The molecule has 1 aliphatic rings. The van der Waals surface area contributed by atoms with E-state index >= 15 is 0 Å². The molecule has 3 heteroatoms. The van der Waals surface area contributed by atoms with Gasteiger partial charge in [-0.3, -0.25) is 4.90 Å². The fourth-order valence-electron chi connectivity index (χ4n) is 2.72. The molecule has 1 N–H and O–H groups in total. The van der Waals surface area contributed by atoms with Crippen molar-refractivity contribution in [2.75, 3.05) is 13.1 Å². The first-order valence-corrected chi connectivity index (χ1v) is 7.27. The van der Waals surface area contributed by atoms with Gasteiger partial charge < -0.3 is 5.11 Å². The molecule has 100 valence electrons. The Hall–Kier alpha value is -0.730. The van der Waals surface area contributed by atoms with Gasteiger partial charge in [0.05, 0.1) is 5.02 Å². The number of benzene rings is 1. The Balaban J connectivity index is 1.99. The van der Waals surface area contributed by atoms with Gasteiger partial charge in [0.25, 0.3) is 0 Å². The molecule has 1 unspecified atom stereocenters. The number of para-hydroxylation sites is 1. The minimum atomic E-state index is 0.246. The molecule has 0 aliphatic carbocycles. The van der Waals surface area contributed by atoms with Crippen LogP contribution in [0.25, 0.3) is 0 Å². The predicted octanol–water partition coefficient (Wildman–Crippen LogP) is 4.06. The maximum absolute atomic E-state index is 9.94. The van der Waals surface area contributed by atoms with Crippen LogP contribution in [0.15, 0.2) is 18.2 Å². The van der Waals surface area contributed by atoms with Gasteiger partial charge in [-0.1, -0.05) is 37.1 Å². The summed E-state index contributed by atoms with van der Waals surface area (Å²) < 4.78 is 0. The number of phenolic OH excluding ortho intramolecular Hbond substituents is 1. The van der Waals surface area contributed by atoms with Gasteiger partial charge in [0.1, 0.15) is 5.75 Å². The molecule has 1 atom stereocenters. The van der Waals surface area contributed by atoms with Crippen molar-refractivity contribution < 1.29 is 5.11 Å². The highest BCUT2D eigenvalue weighted by Crippen LogP contribution is 2.29. The summed E-state index contributed by atoms with van der Waals surface area (Å²) in [5, 5.41) is 10.4. The number of hydrogen-bond acceptors (Lipinski definition) is 2. The van der Waals surface area contributed by atoms with Crippen LogP contribution in [-0.4, -0.2) is 23.1 Å². The highest BCUT2D eigenvalue weighted by Gasteiger charge is 2.17. The summed E-state index contributed by atoms with van der Waals surface area (Å²) in [6, 6.07) is 5.60. The SMILES string of the molecule is CCC1CCCN(Cc2cccc(Cl)c2O)CC1. The van der Waals surface area contributed by atoms with Crippen LogP contribution in [0.5, 0.6) is 5.75 Å². The van der Waals surface area contributed by atoms with Crippen LogP contribution in [0.1, 0.15) is 38.2 Å². The van der Waals surface area contributed by atoms with Crippen molar-refractivity contribution in [3.8, 4) is 5.75 Å². The molecule has 2 nitrogen and oxygen atoms in total. The monoisotopic (exact) mass is 267 g/mol. The zero-order chi connectivity index (χ0) is 13.0. The summed E-state index contributed by atoms with van der Waals surface area (Å²) in [5.41, 5.74) is 0.942. The molecule has 1 aromatic rings. The molecule has 0 spiro atoms. The summed E-state index contributed by atoms with van der Waals surface area (Å²) in [6.45, 7) is 5.35. The second kappa shape index (κ2) is 6.44. The van der Waals surface area contributed by atoms with Gasteiger partial charge in [0, 0.05) is 12.1 Å². The number of phenols is 1. The molecule has 0 amide bonds. The van der Waals surface area contributed by atoms with Crippen LogP contribution in [0.4, 0.5) is 0 Å². The van der Waals surface area contributed by atoms with Crippen LogP contribution >= 0.6 is 11.6 Å². The molecule has 1 saturated heterocycles. The van der Waals surface area contributed by atoms with Gasteiger partial charge in [-0.15, -0.1) is 0 Å². The Morgan fingerprint density at radius 1 is 1.33 bits per heavy atom. The lowest BCUT2D eigenvalue weighted by atomic mass is 9.98. The Morgan fingerprint density at radius 3 is 2.94 bits per heavy atom. The van der Waals surface area contributed by atoms with E-state index in [-0.39, 0.29) is 5.75 Å². The third kappa shape index (κ3) is 3.39. The zero-order valence-corrected chi connectivity index (χ0v) is 11.8. The average Bonchev–Trinajstić information content (AvgIpc) is 2.60. The standard InChI is InChI=1S/C15H22ClNO/c1-2-12-5-4-9-17(10-8-12)11-13-6-3-7-14(16)15(13)18/h3,6-7,12,18H,2,4-5,8-11H2,1H3. The van der Waals surface area contributed by atoms with E-state index in [0.717, 1.165) is 31.1 Å². The molecule has 1 aliphatic heterocycles. The Kier molecular flexibility index (Phi) is 4.90. The number of likely N-dealkylation sites (tertiary alicyclic amines) is 1. The summed E-state index contributed by atoms with van der Waals surface area (Å²) in [6.07, 6.45) is 5.17. The van der Waals surface area contributed by atoms with Crippen LogP contribution in [-0.2, 0) is 6.54 Å². The number of nitrogens with zero attached hydrogens (tertiary/aromatic N) is 1. The van der Waals surface area contributed by atoms with E-state index in [1.54, 1.807) is 6.07 Å². The Labute approximate surface area is 115 Å². The fourth-order valence-corrected chi connectivity index (χ4v) is 2.91. The first kappa shape index (κ1) is 13.7. The fraction of sp³-hybridized carbons (Fsp3) is 0.600. The van der Waals surface area contributed by atoms with Gasteiger partial charge in [0.2, 0.25) is 0 Å². The van der Waals surface area contributed by atoms with Crippen LogP contribution < -0.4 is 0 Å². The Bertz CT molecular complexity index is 394. The third-order valence-corrected chi connectivity index (χ3v) is 4.29. The van der Waals surface area contributed by atoms with E-state index in [4.69, 9.17) is 11.6 Å². The average molecular weight is 268 g/mol. The molecule has 1 heterocycles. The van der Waals surface area contributed by atoms with Crippen LogP contribution in [0, 0.1) is 5.92 Å². The van der Waals surface area contributed by atoms with Crippen molar-refractivity contribution in [1.29, 1.82) is 0 Å². The van der Waals surface area contributed by atoms with E-state index in [1.165, 1.54) is 25.7 Å².